The SMILES string of the molecule is COc1ccc([C@]2([C@@]3(C)CC4(CCCCC4)CO3)N=C(c3cc(OC)c(OC)c(OC)c3)OC2=O)cc1. The maximum absolute atomic E-state index is 14.0. The first-order valence-electron chi connectivity index (χ1n) is 12.7. The Morgan fingerprint density at radius 2 is 1.51 bits per heavy atom. The molecule has 8 nitrogen and oxygen atoms in total. The summed E-state index contributed by atoms with van der Waals surface area (Å²) in [6, 6.07) is 10.9. The summed E-state index contributed by atoms with van der Waals surface area (Å²) >= 11 is 0. The molecule has 1 saturated heterocycles. The lowest BCUT2D eigenvalue weighted by molar-refractivity contribution is -0.150. The summed E-state index contributed by atoms with van der Waals surface area (Å²) < 4.78 is 34.4. The third-order valence-corrected chi connectivity index (χ3v) is 8.26. The van der Waals surface area contributed by atoms with Gasteiger partial charge in [-0.3, -0.25) is 0 Å². The molecule has 0 bridgehead atoms. The number of rotatable bonds is 7. The van der Waals surface area contributed by atoms with E-state index in [4.69, 9.17) is 33.4 Å². The average Bonchev–Trinajstić information content (AvgIpc) is 3.46. The number of hydrogen-bond donors (Lipinski definition) is 0. The third-order valence-electron chi connectivity index (χ3n) is 8.26. The van der Waals surface area contributed by atoms with Crippen molar-refractivity contribution >= 4 is 11.9 Å². The predicted molar refractivity (Wildman–Crippen MR) is 138 cm³/mol. The smallest absolute Gasteiger partial charge is 0.348 e. The van der Waals surface area contributed by atoms with Crippen molar-refractivity contribution in [2.45, 2.75) is 56.6 Å². The molecule has 2 heterocycles. The average molecular weight is 510 g/mol. The second-order valence-electron chi connectivity index (χ2n) is 10.4. The molecule has 0 N–H and O–H groups in total. The summed E-state index contributed by atoms with van der Waals surface area (Å²) in [7, 11) is 6.25. The van der Waals surface area contributed by atoms with E-state index in [1.54, 1.807) is 40.6 Å². The van der Waals surface area contributed by atoms with E-state index in [1.165, 1.54) is 19.3 Å². The van der Waals surface area contributed by atoms with Gasteiger partial charge < -0.3 is 28.4 Å². The van der Waals surface area contributed by atoms with Gasteiger partial charge in [-0.2, -0.15) is 0 Å². The molecule has 198 valence electrons. The normalized spacial score (nSPS) is 26.5. The molecule has 2 fully saturated rings. The first-order valence-corrected chi connectivity index (χ1v) is 12.7. The molecule has 3 aliphatic rings. The van der Waals surface area contributed by atoms with Gasteiger partial charge in [-0.15, -0.1) is 0 Å². The van der Waals surface area contributed by atoms with Crippen molar-refractivity contribution < 1.29 is 33.2 Å². The highest BCUT2D eigenvalue weighted by Crippen LogP contribution is 2.57. The van der Waals surface area contributed by atoms with Crippen molar-refractivity contribution in [3.05, 3.63) is 47.5 Å². The third kappa shape index (κ3) is 4.02. The van der Waals surface area contributed by atoms with Crippen LogP contribution in [0.2, 0.25) is 0 Å². The van der Waals surface area contributed by atoms with Crippen molar-refractivity contribution in [2.75, 3.05) is 35.0 Å². The Labute approximate surface area is 217 Å². The van der Waals surface area contributed by atoms with Crippen molar-refractivity contribution in [1.29, 1.82) is 0 Å². The van der Waals surface area contributed by atoms with Gasteiger partial charge in [0.2, 0.25) is 17.2 Å². The van der Waals surface area contributed by atoms with Gasteiger partial charge in [0.25, 0.3) is 0 Å². The van der Waals surface area contributed by atoms with Crippen LogP contribution >= 0.6 is 0 Å². The van der Waals surface area contributed by atoms with E-state index >= 15 is 0 Å². The monoisotopic (exact) mass is 509 g/mol. The Hall–Kier alpha value is -3.26. The molecule has 0 amide bonds. The summed E-state index contributed by atoms with van der Waals surface area (Å²) in [6.07, 6.45) is 6.53. The van der Waals surface area contributed by atoms with Crippen LogP contribution in [-0.2, 0) is 19.8 Å². The molecule has 0 unspecified atom stereocenters. The first-order chi connectivity index (χ1) is 17.8. The second-order valence-corrected chi connectivity index (χ2v) is 10.4. The lowest BCUT2D eigenvalue weighted by atomic mass is 9.65. The van der Waals surface area contributed by atoms with Gasteiger partial charge in [-0.1, -0.05) is 31.4 Å². The highest BCUT2D eigenvalue weighted by molar-refractivity contribution is 6.09. The molecular weight excluding hydrogens is 474 g/mol. The van der Waals surface area contributed by atoms with E-state index in [-0.39, 0.29) is 11.3 Å². The number of esters is 1. The molecule has 2 atom stereocenters. The van der Waals surface area contributed by atoms with Gasteiger partial charge in [0.05, 0.1) is 35.0 Å². The molecule has 1 saturated carbocycles. The first kappa shape index (κ1) is 25.4. The fraction of sp³-hybridized carbons (Fsp3) is 0.517. The maximum atomic E-state index is 14.0. The van der Waals surface area contributed by atoms with Crippen LogP contribution in [0.15, 0.2) is 41.4 Å². The number of carbonyl (C=O) groups is 1. The van der Waals surface area contributed by atoms with E-state index in [9.17, 15) is 4.79 Å². The number of nitrogens with zero attached hydrogens (tertiary/aromatic N) is 1. The van der Waals surface area contributed by atoms with Gasteiger partial charge in [-0.25, -0.2) is 9.79 Å². The summed E-state index contributed by atoms with van der Waals surface area (Å²) in [6.45, 7) is 2.62. The highest BCUT2D eigenvalue weighted by atomic mass is 16.6. The van der Waals surface area contributed by atoms with Crippen molar-refractivity contribution in [3.8, 4) is 23.0 Å². The van der Waals surface area contributed by atoms with Crippen LogP contribution in [0.25, 0.3) is 0 Å². The summed E-state index contributed by atoms with van der Waals surface area (Å²) in [5, 5.41) is 0. The number of ether oxygens (including phenoxy) is 6. The fourth-order valence-electron chi connectivity index (χ4n) is 6.35. The Morgan fingerprint density at radius 3 is 2.08 bits per heavy atom. The van der Waals surface area contributed by atoms with Gasteiger partial charge >= 0.3 is 5.97 Å². The molecular formula is C29H35NO7. The second kappa shape index (κ2) is 9.56. The van der Waals surface area contributed by atoms with Gasteiger partial charge in [0.1, 0.15) is 11.4 Å². The molecule has 2 aliphatic heterocycles. The largest absolute Gasteiger partial charge is 0.497 e. The summed E-state index contributed by atoms with van der Waals surface area (Å²) in [4.78, 5) is 19.1. The Morgan fingerprint density at radius 1 is 0.865 bits per heavy atom. The summed E-state index contributed by atoms with van der Waals surface area (Å²) in [5.41, 5.74) is -0.963. The zero-order valence-electron chi connectivity index (χ0n) is 22.2. The Bertz CT molecular complexity index is 1180. The van der Waals surface area contributed by atoms with E-state index in [2.05, 4.69) is 0 Å². The Kier molecular flexibility index (Phi) is 6.56. The topological polar surface area (TPSA) is 84.8 Å². The van der Waals surface area contributed by atoms with Crippen molar-refractivity contribution in [2.24, 2.45) is 10.4 Å². The zero-order chi connectivity index (χ0) is 26.3. The Balaban J connectivity index is 1.66. The molecule has 1 spiro atoms. The minimum absolute atomic E-state index is 0.0532. The maximum Gasteiger partial charge on any atom is 0.348 e. The van der Waals surface area contributed by atoms with Crippen LogP contribution in [0, 0.1) is 5.41 Å². The van der Waals surface area contributed by atoms with Crippen LogP contribution in [0.3, 0.4) is 0 Å². The zero-order valence-corrected chi connectivity index (χ0v) is 22.2. The summed E-state index contributed by atoms with van der Waals surface area (Å²) in [5.74, 6) is 1.76. The molecule has 0 radical (unpaired) electrons. The molecule has 2 aromatic rings. The molecule has 8 heteroatoms. The molecule has 37 heavy (non-hydrogen) atoms. The minimum Gasteiger partial charge on any atom is -0.497 e. The standard InChI is InChI=1S/C29H35NO7/c1-27(17-28(18-36-27)13-7-6-8-14-28)29(20-9-11-21(32-2)12-10-20)26(31)37-25(30-29)19-15-22(33-3)24(35-5)23(16-19)34-4/h9-12,15-16H,6-8,13-14,17-18H2,1-5H3/t27-,29+/m1/s1. The van der Waals surface area contributed by atoms with Crippen LogP contribution in [-0.4, -0.2) is 52.5 Å². The van der Waals surface area contributed by atoms with Crippen LogP contribution < -0.4 is 18.9 Å². The van der Waals surface area contributed by atoms with Crippen LogP contribution in [0.1, 0.15) is 56.6 Å². The number of aliphatic imine (C=N–C) groups is 1. The van der Waals surface area contributed by atoms with E-state index in [0.29, 0.717) is 40.7 Å². The highest BCUT2D eigenvalue weighted by Gasteiger charge is 2.66. The quantitative estimate of drug-likeness (QED) is 0.483. The molecule has 2 aromatic carbocycles. The van der Waals surface area contributed by atoms with Crippen molar-refractivity contribution in [1.82, 2.24) is 0 Å². The lowest BCUT2D eigenvalue weighted by Crippen LogP contribution is -2.52. The number of cyclic esters (lactones) is 1. The van der Waals surface area contributed by atoms with Crippen LogP contribution in [0.4, 0.5) is 0 Å². The molecule has 1 aliphatic carbocycles. The molecule has 0 aromatic heterocycles. The van der Waals surface area contributed by atoms with Gasteiger partial charge in [0, 0.05) is 5.56 Å². The minimum atomic E-state index is -1.38. The van der Waals surface area contributed by atoms with E-state index in [1.807, 2.05) is 31.2 Å². The van der Waals surface area contributed by atoms with Gasteiger partial charge in [0.15, 0.2) is 11.5 Å². The predicted octanol–water partition coefficient (Wildman–Crippen LogP) is 5.05. The number of benzene rings is 2. The van der Waals surface area contributed by atoms with E-state index < -0.39 is 17.1 Å². The number of hydrogen-bond acceptors (Lipinski definition) is 8. The lowest BCUT2D eigenvalue weighted by Gasteiger charge is -2.40. The number of methoxy groups -OCH3 is 4. The van der Waals surface area contributed by atoms with Crippen molar-refractivity contribution in [3.63, 3.8) is 0 Å². The number of carbonyl (C=O) groups excluding carboxylic acids is 1. The fourth-order valence-corrected chi connectivity index (χ4v) is 6.35. The van der Waals surface area contributed by atoms with E-state index in [0.717, 1.165) is 19.3 Å². The van der Waals surface area contributed by atoms with Gasteiger partial charge in [-0.05, 0) is 61.4 Å². The molecule has 5 rings (SSSR count). The van der Waals surface area contributed by atoms with Crippen LogP contribution in [0.5, 0.6) is 23.0 Å².